The van der Waals surface area contributed by atoms with Crippen LogP contribution < -0.4 is 0 Å². The fourth-order valence-corrected chi connectivity index (χ4v) is 1.33. The van der Waals surface area contributed by atoms with E-state index in [1.807, 2.05) is 0 Å². The molecule has 2 heterocycles. The van der Waals surface area contributed by atoms with Crippen molar-refractivity contribution >= 4 is 35.0 Å². The van der Waals surface area contributed by atoms with Crippen molar-refractivity contribution in [2.45, 2.75) is 0 Å². The van der Waals surface area contributed by atoms with Crippen molar-refractivity contribution in [1.82, 2.24) is 20.2 Å². The van der Waals surface area contributed by atoms with Crippen LogP contribution in [0.2, 0.25) is 5.15 Å². The molecule has 0 amide bonds. The molecule has 14 heavy (non-hydrogen) atoms. The van der Waals surface area contributed by atoms with Gasteiger partial charge in [0.1, 0.15) is 17.8 Å². The number of aromatic nitrogens is 4. The first-order chi connectivity index (χ1) is 6.83. The van der Waals surface area contributed by atoms with Gasteiger partial charge in [-0.15, -0.1) is 0 Å². The molecule has 70 valence electrons. The number of rotatable bonds is 2. The van der Waals surface area contributed by atoms with Crippen molar-refractivity contribution in [3.63, 3.8) is 0 Å². The van der Waals surface area contributed by atoms with E-state index in [4.69, 9.17) is 11.6 Å². The van der Waals surface area contributed by atoms with Crippen LogP contribution in [0.15, 0.2) is 12.4 Å². The van der Waals surface area contributed by atoms with Gasteiger partial charge in [0.2, 0.25) is 0 Å². The average molecular weight is 209 g/mol. The first-order valence-electron chi connectivity index (χ1n) is 3.79. The molecule has 0 saturated carbocycles. The van der Waals surface area contributed by atoms with Crippen molar-refractivity contribution in [2.75, 3.05) is 0 Å². The van der Waals surface area contributed by atoms with Crippen LogP contribution in [0.4, 0.5) is 0 Å². The standard InChI is InChI=1S/C8H5ClN4O/c9-7-6-5(2-1-3-14)12-13-8(6)11-4-10-7/h1-4H,(H,10,11,12,13). The lowest BCUT2D eigenvalue weighted by Crippen LogP contribution is -1.81. The van der Waals surface area contributed by atoms with Gasteiger partial charge in [0, 0.05) is 0 Å². The number of nitrogens with zero attached hydrogens (tertiary/aromatic N) is 3. The van der Waals surface area contributed by atoms with Gasteiger partial charge < -0.3 is 0 Å². The number of nitrogens with one attached hydrogen (secondary N) is 1. The number of aldehydes is 1. The van der Waals surface area contributed by atoms with Crippen LogP contribution in [0.1, 0.15) is 5.69 Å². The lowest BCUT2D eigenvalue weighted by molar-refractivity contribution is -0.104. The third kappa shape index (κ3) is 1.38. The Morgan fingerprint density at radius 1 is 1.43 bits per heavy atom. The van der Waals surface area contributed by atoms with Crippen molar-refractivity contribution in [3.05, 3.63) is 23.3 Å². The molecule has 0 aliphatic rings. The number of hydrogen-bond acceptors (Lipinski definition) is 4. The molecule has 2 aromatic rings. The molecule has 0 aliphatic heterocycles. The van der Waals surface area contributed by atoms with Crippen LogP contribution in [0, 0.1) is 0 Å². The Bertz CT molecular complexity index is 505. The lowest BCUT2D eigenvalue weighted by atomic mass is 10.3. The van der Waals surface area contributed by atoms with Gasteiger partial charge in [0.05, 0.1) is 11.1 Å². The smallest absolute Gasteiger partial charge is 0.186 e. The second-order valence-corrected chi connectivity index (χ2v) is 2.85. The minimum absolute atomic E-state index is 0.314. The molecule has 6 heteroatoms. The van der Waals surface area contributed by atoms with E-state index in [-0.39, 0.29) is 0 Å². The van der Waals surface area contributed by atoms with E-state index >= 15 is 0 Å². The molecular weight excluding hydrogens is 204 g/mol. The summed E-state index contributed by atoms with van der Waals surface area (Å²) in [6, 6.07) is 0. The van der Waals surface area contributed by atoms with E-state index in [1.54, 1.807) is 6.08 Å². The van der Waals surface area contributed by atoms with Gasteiger partial charge in [-0.3, -0.25) is 9.89 Å². The van der Waals surface area contributed by atoms with Crippen LogP contribution in [0.3, 0.4) is 0 Å². The van der Waals surface area contributed by atoms with Gasteiger partial charge in [0.25, 0.3) is 0 Å². The minimum atomic E-state index is 0.314. The summed E-state index contributed by atoms with van der Waals surface area (Å²) in [7, 11) is 0. The Kier molecular flexibility index (Phi) is 2.24. The van der Waals surface area contributed by atoms with E-state index < -0.39 is 0 Å². The molecule has 1 N–H and O–H groups in total. The molecule has 0 aromatic carbocycles. The summed E-state index contributed by atoms with van der Waals surface area (Å²) in [5.74, 6) is 0. The maximum absolute atomic E-state index is 10.1. The summed E-state index contributed by atoms with van der Waals surface area (Å²) in [6.45, 7) is 0. The highest BCUT2D eigenvalue weighted by atomic mass is 35.5. The molecule has 5 nitrogen and oxygen atoms in total. The molecule has 0 aliphatic carbocycles. The molecule has 2 rings (SSSR count). The number of allylic oxidation sites excluding steroid dienone is 1. The van der Waals surface area contributed by atoms with Crippen molar-refractivity contribution in [1.29, 1.82) is 0 Å². The van der Waals surface area contributed by atoms with Crippen LogP contribution in [-0.4, -0.2) is 26.5 Å². The summed E-state index contributed by atoms with van der Waals surface area (Å²) >= 11 is 5.85. The van der Waals surface area contributed by atoms with E-state index in [1.165, 1.54) is 12.4 Å². The second kappa shape index (κ2) is 3.55. The molecular formula is C8H5ClN4O. The van der Waals surface area contributed by atoms with Crippen LogP contribution in [-0.2, 0) is 4.79 Å². The highest BCUT2D eigenvalue weighted by molar-refractivity contribution is 6.34. The van der Waals surface area contributed by atoms with Gasteiger partial charge in [0.15, 0.2) is 5.65 Å². The summed E-state index contributed by atoms with van der Waals surface area (Å²) in [5, 5.41) is 7.54. The first-order valence-corrected chi connectivity index (χ1v) is 4.17. The third-order valence-corrected chi connectivity index (χ3v) is 1.96. The van der Waals surface area contributed by atoms with Crippen molar-refractivity contribution in [3.8, 4) is 0 Å². The summed E-state index contributed by atoms with van der Waals surface area (Å²) in [6.07, 6.45) is 4.91. The summed E-state index contributed by atoms with van der Waals surface area (Å²) < 4.78 is 0. The number of halogens is 1. The predicted molar refractivity (Wildman–Crippen MR) is 51.8 cm³/mol. The zero-order valence-corrected chi connectivity index (χ0v) is 7.69. The topological polar surface area (TPSA) is 71.5 Å². The number of fused-ring (bicyclic) bond motifs is 1. The summed E-state index contributed by atoms with van der Waals surface area (Å²) in [5.41, 5.74) is 1.10. The maximum Gasteiger partial charge on any atom is 0.186 e. The largest absolute Gasteiger partial charge is 0.299 e. The highest BCUT2D eigenvalue weighted by Crippen LogP contribution is 2.21. The minimum Gasteiger partial charge on any atom is -0.299 e. The molecule has 0 saturated heterocycles. The second-order valence-electron chi connectivity index (χ2n) is 2.50. The first kappa shape index (κ1) is 8.83. The molecule has 2 aromatic heterocycles. The fraction of sp³-hybridized carbons (Fsp3) is 0. The van der Waals surface area contributed by atoms with Crippen molar-refractivity contribution < 1.29 is 4.79 Å². The van der Waals surface area contributed by atoms with E-state index in [9.17, 15) is 4.79 Å². The van der Waals surface area contributed by atoms with Gasteiger partial charge in [-0.25, -0.2) is 9.97 Å². The van der Waals surface area contributed by atoms with Crippen LogP contribution >= 0.6 is 11.6 Å². The number of hydrogen-bond donors (Lipinski definition) is 1. The number of carbonyl (C=O) groups excluding carboxylic acids is 1. The maximum atomic E-state index is 10.1. The Labute approximate surface area is 83.8 Å². The van der Waals surface area contributed by atoms with E-state index in [2.05, 4.69) is 20.2 Å². The number of H-pyrrole nitrogens is 1. The lowest BCUT2D eigenvalue weighted by Gasteiger charge is -1.90. The Morgan fingerprint density at radius 2 is 2.29 bits per heavy atom. The number of aromatic amines is 1. The molecule has 0 radical (unpaired) electrons. The van der Waals surface area contributed by atoms with E-state index in [0.717, 1.165) is 0 Å². The van der Waals surface area contributed by atoms with Gasteiger partial charge >= 0.3 is 0 Å². The van der Waals surface area contributed by atoms with Gasteiger partial charge in [-0.05, 0) is 12.2 Å². The Balaban J connectivity index is 2.66. The molecule has 0 spiro atoms. The Hall–Kier alpha value is -1.75. The monoisotopic (exact) mass is 208 g/mol. The molecule has 0 bridgehead atoms. The van der Waals surface area contributed by atoms with Crippen LogP contribution in [0.5, 0.6) is 0 Å². The van der Waals surface area contributed by atoms with E-state index in [0.29, 0.717) is 28.2 Å². The molecule has 0 fully saturated rings. The molecule has 0 atom stereocenters. The number of carbonyl (C=O) groups is 1. The quantitative estimate of drug-likeness (QED) is 0.458. The highest BCUT2D eigenvalue weighted by Gasteiger charge is 2.07. The van der Waals surface area contributed by atoms with Crippen molar-refractivity contribution in [2.24, 2.45) is 0 Å². The fourth-order valence-electron chi connectivity index (χ4n) is 1.10. The zero-order valence-electron chi connectivity index (χ0n) is 6.94. The van der Waals surface area contributed by atoms with Crippen LogP contribution in [0.25, 0.3) is 17.1 Å². The van der Waals surface area contributed by atoms with Gasteiger partial charge in [-0.2, -0.15) is 5.10 Å². The average Bonchev–Trinajstić information content (AvgIpc) is 2.59. The normalized spacial score (nSPS) is 11.2. The third-order valence-electron chi connectivity index (χ3n) is 1.67. The molecule has 0 unspecified atom stereocenters. The predicted octanol–water partition coefficient (Wildman–Crippen LogP) is 1.22. The Morgan fingerprint density at radius 3 is 3.07 bits per heavy atom. The summed E-state index contributed by atoms with van der Waals surface area (Å²) in [4.78, 5) is 17.9. The zero-order chi connectivity index (χ0) is 9.97. The SMILES string of the molecule is O=CC=Cc1[nH]nc2ncnc(Cl)c12. The van der Waals surface area contributed by atoms with Gasteiger partial charge in [-0.1, -0.05) is 11.6 Å².